The van der Waals surface area contributed by atoms with Crippen molar-refractivity contribution in [3.8, 4) is 77.9 Å². The molecule has 0 heteroatoms. The summed E-state index contributed by atoms with van der Waals surface area (Å²) in [6.07, 6.45) is 38.2. The summed E-state index contributed by atoms with van der Waals surface area (Å²) in [6.45, 7) is 29.1. The van der Waals surface area contributed by atoms with Gasteiger partial charge in [-0.25, -0.2) is 0 Å². The van der Waals surface area contributed by atoms with Crippen LogP contribution in [-0.4, -0.2) is 0 Å². The van der Waals surface area contributed by atoms with Crippen LogP contribution < -0.4 is 0 Å². The topological polar surface area (TPSA) is 0 Å². The molecule has 0 bridgehead atoms. The van der Waals surface area contributed by atoms with E-state index >= 15 is 0 Å². The van der Waals surface area contributed by atoms with E-state index in [-0.39, 0.29) is 16.2 Å². The van der Waals surface area contributed by atoms with Crippen molar-refractivity contribution in [2.24, 2.45) is 35.5 Å². The van der Waals surface area contributed by atoms with Crippen molar-refractivity contribution < 1.29 is 0 Å². The van der Waals surface area contributed by atoms with Gasteiger partial charge in [-0.1, -0.05) is 383 Å². The summed E-state index contributed by atoms with van der Waals surface area (Å²) < 4.78 is 0. The highest BCUT2D eigenvalue weighted by Gasteiger charge is 2.49. The van der Waals surface area contributed by atoms with Gasteiger partial charge in [-0.05, 0) is 210 Å². The first-order valence-corrected chi connectivity index (χ1v) is 41.5. The highest BCUT2D eigenvalue weighted by molar-refractivity contribution is 5.89. The fourth-order valence-electron chi connectivity index (χ4n) is 20.0. The molecule has 6 atom stereocenters. The Morgan fingerprint density at radius 3 is 0.586 bits per heavy atom. The van der Waals surface area contributed by atoms with Gasteiger partial charge in [-0.15, -0.1) is 0 Å². The van der Waals surface area contributed by atoms with Gasteiger partial charge in [0.05, 0.1) is 0 Å². The minimum atomic E-state index is -0.0936. The quantitative estimate of drug-likeness (QED) is 0.0359. The fraction of sp³-hybridized carbons (Fsp3) is 0.515. The third-order valence-electron chi connectivity index (χ3n) is 26.1. The summed E-state index contributed by atoms with van der Waals surface area (Å²) in [6, 6.07) is 69.6. The van der Waals surface area contributed by atoms with Crippen molar-refractivity contribution in [3.05, 3.63) is 203 Å². The van der Waals surface area contributed by atoms with Gasteiger partial charge in [0.15, 0.2) is 0 Å². The highest BCUT2D eigenvalue weighted by Crippen LogP contribution is 2.61. The van der Waals surface area contributed by atoms with Crippen LogP contribution >= 0.6 is 0 Å². The fourth-order valence-corrected chi connectivity index (χ4v) is 20.0. The third kappa shape index (κ3) is 15.6. The molecule has 0 nitrogen and oxygen atoms in total. The van der Waals surface area contributed by atoms with E-state index in [0.717, 1.165) is 0 Å². The average Bonchev–Trinajstić information content (AvgIpc) is 1.58. The molecule has 11 rings (SSSR count). The molecule has 99 heavy (non-hydrogen) atoms. The van der Waals surface area contributed by atoms with Crippen molar-refractivity contribution in [2.45, 2.75) is 292 Å². The van der Waals surface area contributed by atoms with Crippen LogP contribution in [0.25, 0.3) is 77.9 Å². The molecule has 3 aliphatic carbocycles. The molecule has 0 N–H and O–H groups in total. The van der Waals surface area contributed by atoms with Gasteiger partial charge in [0.25, 0.3) is 0 Å². The SMILES string of the molecule is CCCCC(CC)CC1(CC(CC)CCCC)c2ccccc2-c2ccc(-c3ccc(-c4ccc5c(c4)C(CC(CC)CCCC)(CC(CC)CCCC)c4cc(-c6ccc(-c7ccc8c(c7)C(CC(CC)CCCC)(CC(CC)CCCC)c7ccccc7-8)cc6)ccc4-5)cc3)cc21. The van der Waals surface area contributed by atoms with Crippen LogP contribution in [0.4, 0.5) is 0 Å². The molecular weight excluding hydrogens is 1190 g/mol. The molecule has 8 aromatic rings. The molecule has 6 unspecified atom stereocenters. The second kappa shape index (κ2) is 34.6. The average molecular weight is 1320 g/mol. The van der Waals surface area contributed by atoms with Crippen LogP contribution in [0.1, 0.15) is 309 Å². The molecule has 3 aliphatic rings. The Kier molecular flexibility index (Phi) is 25.9. The lowest BCUT2D eigenvalue weighted by molar-refractivity contribution is 0.266. The highest BCUT2D eigenvalue weighted by atomic mass is 14.5. The molecule has 526 valence electrons. The van der Waals surface area contributed by atoms with E-state index < -0.39 is 0 Å². The lowest BCUT2D eigenvalue weighted by Crippen LogP contribution is -2.31. The monoisotopic (exact) mass is 1320 g/mol. The zero-order valence-corrected chi connectivity index (χ0v) is 64.3. The maximum Gasteiger partial charge on any atom is 0.0220 e. The molecule has 0 amide bonds. The summed E-state index contributed by atoms with van der Waals surface area (Å²) in [7, 11) is 0. The molecular formula is C99H130. The van der Waals surface area contributed by atoms with E-state index in [4.69, 9.17) is 0 Å². The largest absolute Gasteiger partial charge is 0.0654 e. The van der Waals surface area contributed by atoms with Crippen molar-refractivity contribution in [1.29, 1.82) is 0 Å². The van der Waals surface area contributed by atoms with Crippen molar-refractivity contribution in [1.82, 2.24) is 0 Å². The molecule has 0 heterocycles. The minimum Gasteiger partial charge on any atom is -0.0654 e. The van der Waals surface area contributed by atoms with Crippen LogP contribution in [0, 0.1) is 35.5 Å². The minimum absolute atomic E-state index is 0.0228. The Hall–Kier alpha value is -6.24. The Balaban J connectivity index is 0.966. The van der Waals surface area contributed by atoms with E-state index in [0.29, 0.717) is 35.5 Å². The predicted octanol–water partition coefficient (Wildman–Crippen LogP) is 30.8. The summed E-state index contributed by atoms with van der Waals surface area (Å²) in [4.78, 5) is 0. The first-order valence-electron chi connectivity index (χ1n) is 41.5. The number of hydrogen-bond acceptors (Lipinski definition) is 0. The van der Waals surface area contributed by atoms with E-state index in [1.54, 1.807) is 33.4 Å². The third-order valence-corrected chi connectivity index (χ3v) is 26.1. The maximum absolute atomic E-state index is 2.70. The number of benzene rings is 8. The number of hydrogen-bond donors (Lipinski definition) is 0. The number of rotatable bonds is 40. The lowest BCUT2D eigenvalue weighted by Gasteiger charge is -2.39. The Morgan fingerprint density at radius 1 is 0.202 bits per heavy atom. The molecule has 8 aromatic carbocycles. The summed E-state index contributed by atoms with van der Waals surface area (Å²) >= 11 is 0. The molecule has 0 fully saturated rings. The van der Waals surface area contributed by atoms with Crippen molar-refractivity contribution in [2.75, 3.05) is 0 Å². The zero-order valence-electron chi connectivity index (χ0n) is 64.3. The predicted molar refractivity (Wildman–Crippen MR) is 434 cm³/mol. The van der Waals surface area contributed by atoms with Gasteiger partial charge in [-0.3, -0.25) is 0 Å². The molecule has 0 saturated heterocycles. The van der Waals surface area contributed by atoms with Crippen LogP contribution in [0.5, 0.6) is 0 Å². The molecule has 0 spiro atoms. The smallest absolute Gasteiger partial charge is 0.0220 e. The lowest BCUT2D eigenvalue weighted by atomic mass is 9.64. The summed E-state index contributed by atoms with van der Waals surface area (Å²) in [5.41, 5.74) is 29.1. The number of unbranched alkanes of at least 4 members (excludes halogenated alkanes) is 6. The van der Waals surface area contributed by atoms with Gasteiger partial charge in [-0.2, -0.15) is 0 Å². The van der Waals surface area contributed by atoms with E-state index in [2.05, 4.69) is 253 Å². The first-order chi connectivity index (χ1) is 48.5. The van der Waals surface area contributed by atoms with Gasteiger partial charge in [0, 0.05) is 16.2 Å². The molecule has 0 saturated carbocycles. The van der Waals surface area contributed by atoms with E-state index in [1.807, 2.05) is 0 Å². The Morgan fingerprint density at radius 2 is 0.384 bits per heavy atom. The summed E-state index contributed by atoms with van der Waals surface area (Å²) in [5, 5.41) is 0. The standard InChI is InChI=1S/C99H130/c1-13-25-35-71(19-7)65-97(66-72(20-8)36-26-14-2)91-43-33-31-41-85(91)87-57-53-81(61-93(87)97)77-45-49-79(50-46-77)83-55-59-89-90-60-56-84(64-96(90)99(95(89)63-83,69-75(23-11)39-29-17-5)70-76(24-12)40-30-18-6)80-51-47-78(48-52-80)82-54-58-88-86-42-32-34-44-92(86)98(94(88)62-82,67-73(21-9)37-27-15-3)68-74(22-10)38-28-16-4/h31-34,41-64,71-76H,13-30,35-40,65-70H2,1-12H3. The number of fused-ring (bicyclic) bond motifs is 9. The molecule has 0 aliphatic heterocycles. The van der Waals surface area contributed by atoms with Crippen molar-refractivity contribution in [3.63, 3.8) is 0 Å². The second-order valence-corrected chi connectivity index (χ2v) is 32.3. The van der Waals surface area contributed by atoms with Crippen LogP contribution in [0.15, 0.2) is 170 Å². The van der Waals surface area contributed by atoms with Crippen molar-refractivity contribution >= 4 is 0 Å². The van der Waals surface area contributed by atoms with Gasteiger partial charge in [0.2, 0.25) is 0 Å². The van der Waals surface area contributed by atoms with Crippen LogP contribution in [0.2, 0.25) is 0 Å². The van der Waals surface area contributed by atoms with E-state index in [9.17, 15) is 0 Å². The van der Waals surface area contributed by atoms with Crippen LogP contribution in [-0.2, 0) is 16.2 Å². The molecule has 0 aromatic heterocycles. The van der Waals surface area contributed by atoms with Crippen LogP contribution in [0.3, 0.4) is 0 Å². The maximum atomic E-state index is 2.70. The van der Waals surface area contributed by atoms with Gasteiger partial charge in [0.1, 0.15) is 0 Å². The first kappa shape index (κ1) is 74.0. The van der Waals surface area contributed by atoms with Gasteiger partial charge >= 0.3 is 0 Å². The zero-order chi connectivity index (χ0) is 69.5. The second-order valence-electron chi connectivity index (χ2n) is 32.3. The summed E-state index contributed by atoms with van der Waals surface area (Å²) in [5.74, 6) is 4.15. The Bertz CT molecular complexity index is 3560. The van der Waals surface area contributed by atoms with E-state index in [1.165, 1.54) is 271 Å². The molecule has 0 radical (unpaired) electrons. The normalized spacial score (nSPS) is 19.0. The van der Waals surface area contributed by atoms with Gasteiger partial charge < -0.3 is 0 Å². The Labute approximate surface area is 604 Å².